The number of rotatable bonds is 2. The Morgan fingerprint density at radius 1 is 1.40 bits per heavy atom. The van der Waals surface area contributed by atoms with Gasteiger partial charge in [0.2, 0.25) is 0 Å². The van der Waals surface area contributed by atoms with Gasteiger partial charge in [-0.05, 0) is 37.8 Å². The SMILES string of the molecule is C[C@@]12CCc3ccccc3[C@]1(C)N(CC(=O)O)C(=O)O2. The number of ether oxygens (including phenoxy) is 1. The molecule has 1 aliphatic heterocycles. The molecule has 2 atom stereocenters. The molecule has 0 saturated carbocycles. The number of carbonyl (C=O) groups is 2. The van der Waals surface area contributed by atoms with Gasteiger partial charge in [0.05, 0.1) is 0 Å². The third-order valence-electron chi connectivity index (χ3n) is 4.81. The van der Waals surface area contributed by atoms with Crippen LogP contribution in [0, 0.1) is 0 Å². The van der Waals surface area contributed by atoms with Crippen LogP contribution in [0.4, 0.5) is 4.79 Å². The van der Waals surface area contributed by atoms with E-state index in [0.29, 0.717) is 6.42 Å². The summed E-state index contributed by atoms with van der Waals surface area (Å²) in [6.07, 6.45) is 0.979. The van der Waals surface area contributed by atoms with Gasteiger partial charge in [-0.25, -0.2) is 4.79 Å². The summed E-state index contributed by atoms with van der Waals surface area (Å²) in [6, 6.07) is 7.87. The summed E-state index contributed by atoms with van der Waals surface area (Å²) in [4.78, 5) is 24.6. The highest BCUT2D eigenvalue weighted by Crippen LogP contribution is 2.52. The average Bonchev–Trinajstić information content (AvgIpc) is 2.59. The minimum atomic E-state index is -1.03. The second-order valence-corrected chi connectivity index (χ2v) is 5.81. The number of hydrogen-bond donors (Lipinski definition) is 1. The molecule has 5 heteroatoms. The maximum absolute atomic E-state index is 12.1. The molecule has 5 nitrogen and oxygen atoms in total. The van der Waals surface area contributed by atoms with E-state index >= 15 is 0 Å². The molecule has 3 rings (SSSR count). The van der Waals surface area contributed by atoms with Gasteiger partial charge in [-0.15, -0.1) is 0 Å². The molecule has 2 aliphatic rings. The highest BCUT2D eigenvalue weighted by molar-refractivity contribution is 5.80. The first-order valence-electron chi connectivity index (χ1n) is 6.69. The van der Waals surface area contributed by atoms with Gasteiger partial charge in [0.25, 0.3) is 0 Å². The average molecular weight is 275 g/mol. The van der Waals surface area contributed by atoms with Crippen LogP contribution < -0.4 is 0 Å². The van der Waals surface area contributed by atoms with E-state index in [4.69, 9.17) is 9.84 Å². The zero-order chi connectivity index (χ0) is 14.5. The lowest BCUT2D eigenvalue weighted by molar-refractivity contribution is -0.139. The molecule has 0 bridgehead atoms. The molecule has 1 aromatic carbocycles. The summed E-state index contributed by atoms with van der Waals surface area (Å²) in [5, 5.41) is 9.08. The van der Waals surface area contributed by atoms with Crippen molar-refractivity contribution in [2.45, 2.75) is 37.8 Å². The Bertz CT molecular complexity index is 599. The number of benzene rings is 1. The molecule has 1 heterocycles. The first kappa shape index (κ1) is 13.0. The van der Waals surface area contributed by atoms with Crippen molar-refractivity contribution >= 4 is 12.1 Å². The molecule has 1 saturated heterocycles. The Balaban J connectivity index is 2.18. The highest BCUT2D eigenvalue weighted by Gasteiger charge is 2.62. The zero-order valence-electron chi connectivity index (χ0n) is 11.5. The predicted molar refractivity (Wildman–Crippen MR) is 71.3 cm³/mol. The van der Waals surface area contributed by atoms with Gasteiger partial charge in [-0.1, -0.05) is 24.3 Å². The molecule has 0 radical (unpaired) electrons. The maximum atomic E-state index is 12.1. The number of aliphatic carboxylic acids is 1. The van der Waals surface area contributed by atoms with Crippen LogP contribution in [0.5, 0.6) is 0 Å². The molecule has 0 aromatic heterocycles. The van der Waals surface area contributed by atoms with Crippen molar-refractivity contribution in [1.29, 1.82) is 0 Å². The topological polar surface area (TPSA) is 66.8 Å². The van der Waals surface area contributed by atoms with E-state index in [2.05, 4.69) is 0 Å². The van der Waals surface area contributed by atoms with Crippen LogP contribution in [0.1, 0.15) is 31.4 Å². The zero-order valence-corrected chi connectivity index (χ0v) is 11.5. The monoisotopic (exact) mass is 275 g/mol. The van der Waals surface area contributed by atoms with Crippen molar-refractivity contribution in [1.82, 2.24) is 4.90 Å². The van der Waals surface area contributed by atoms with Crippen molar-refractivity contribution < 1.29 is 19.4 Å². The fourth-order valence-corrected chi connectivity index (χ4v) is 3.48. The molecule has 1 amide bonds. The Morgan fingerprint density at radius 2 is 2.10 bits per heavy atom. The number of amides is 1. The summed E-state index contributed by atoms with van der Waals surface area (Å²) >= 11 is 0. The molecule has 106 valence electrons. The minimum absolute atomic E-state index is 0.348. The van der Waals surface area contributed by atoms with Crippen molar-refractivity contribution in [3.63, 3.8) is 0 Å². The van der Waals surface area contributed by atoms with E-state index in [-0.39, 0.29) is 6.54 Å². The smallest absolute Gasteiger partial charge is 0.411 e. The van der Waals surface area contributed by atoms with E-state index in [9.17, 15) is 9.59 Å². The molecular formula is C15H17NO4. The minimum Gasteiger partial charge on any atom is -0.480 e. The van der Waals surface area contributed by atoms with Gasteiger partial charge in [0.15, 0.2) is 0 Å². The van der Waals surface area contributed by atoms with Crippen molar-refractivity contribution in [3.05, 3.63) is 35.4 Å². The quantitative estimate of drug-likeness (QED) is 0.898. The Kier molecular flexibility index (Phi) is 2.58. The van der Waals surface area contributed by atoms with Crippen LogP contribution in [0.2, 0.25) is 0 Å². The molecule has 20 heavy (non-hydrogen) atoms. The molecule has 1 fully saturated rings. The third kappa shape index (κ3) is 1.49. The van der Waals surface area contributed by atoms with Crippen molar-refractivity contribution in [2.75, 3.05) is 6.54 Å². The van der Waals surface area contributed by atoms with Gasteiger partial charge < -0.3 is 9.84 Å². The largest absolute Gasteiger partial charge is 0.480 e. The second-order valence-electron chi connectivity index (χ2n) is 5.81. The molecule has 1 aliphatic carbocycles. The van der Waals surface area contributed by atoms with Gasteiger partial charge in [0.1, 0.15) is 17.7 Å². The molecule has 0 unspecified atom stereocenters. The number of hydrogen-bond acceptors (Lipinski definition) is 3. The lowest BCUT2D eigenvalue weighted by atomic mass is 9.67. The number of nitrogens with zero attached hydrogens (tertiary/aromatic N) is 1. The van der Waals surface area contributed by atoms with Crippen LogP contribution >= 0.6 is 0 Å². The third-order valence-corrected chi connectivity index (χ3v) is 4.81. The van der Waals surface area contributed by atoms with E-state index in [0.717, 1.165) is 17.5 Å². The molecule has 1 aromatic rings. The van der Waals surface area contributed by atoms with E-state index in [1.165, 1.54) is 4.90 Å². The summed E-state index contributed by atoms with van der Waals surface area (Å²) in [7, 11) is 0. The normalized spacial score (nSPS) is 31.5. The van der Waals surface area contributed by atoms with E-state index in [1.54, 1.807) is 0 Å². The van der Waals surface area contributed by atoms with E-state index in [1.807, 2.05) is 38.1 Å². The fourth-order valence-electron chi connectivity index (χ4n) is 3.48. The second kappa shape index (κ2) is 3.98. The van der Waals surface area contributed by atoms with Crippen LogP contribution in [0.3, 0.4) is 0 Å². The summed E-state index contributed by atoms with van der Waals surface area (Å²) in [5.74, 6) is -1.03. The van der Waals surface area contributed by atoms with Crippen molar-refractivity contribution in [2.24, 2.45) is 0 Å². The first-order chi connectivity index (χ1) is 9.38. The van der Waals surface area contributed by atoms with E-state index < -0.39 is 23.2 Å². The molecular weight excluding hydrogens is 258 g/mol. The predicted octanol–water partition coefficient (Wildman–Crippen LogP) is 2.14. The summed E-state index contributed by atoms with van der Waals surface area (Å²) < 4.78 is 5.55. The van der Waals surface area contributed by atoms with Gasteiger partial charge in [-0.3, -0.25) is 9.69 Å². The van der Waals surface area contributed by atoms with Crippen LogP contribution in [-0.2, 0) is 21.5 Å². The lowest BCUT2D eigenvalue weighted by Crippen LogP contribution is -2.56. The van der Waals surface area contributed by atoms with Crippen LogP contribution in [-0.4, -0.2) is 34.2 Å². The lowest BCUT2D eigenvalue weighted by Gasteiger charge is -2.46. The van der Waals surface area contributed by atoms with Crippen LogP contribution in [0.25, 0.3) is 0 Å². The summed E-state index contributed by atoms with van der Waals surface area (Å²) in [6.45, 7) is 3.45. The Hall–Kier alpha value is -2.04. The number of aryl methyl sites for hydroxylation is 1. The fraction of sp³-hybridized carbons (Fsp3) is 0.467. The molecule has 0 spiro atoms. The highest BCUT2D eigenvalue weighted by atomic mass is 16.6. The van der Waals surface area contributed by atoms with Crippen molar-refractivity contribution in [3.8, 4) is 0 Å². The number of carboxylic acid groups (broad SMARTS) is 1. The number of carboxylic acids is 1. The van der Waals surface area contributed by atoms with Gasteiger partial charge in [-0.2, -0.15) is 0 Å². The molecule has 1 N–H and O–H groups in total. The Morgan fingerprint density at radius 3 is 2.80 bits per heavy atom. The first-order valence-corrected chi connectivity index (χ1v) is 6.69. The summed E-state index contributed by atoms with van der Waals surface area (Å²) in [5.41, 5.74) is 0.715. The maximum Gasteiger partial charge on any atom is 0.411 e. The van der Waals surface area contributed by atoms with Gasteiger partial charge >= 0.3 is 12.1 Å². The Labute approximate surface area is 117 Å². The van der Waals surface area contributed by atoms with Gasteiger partial charge in [0, 0.05) is 0 Å². The number of fused-ring (bicyclic) bond motifs is 3. The van der Waals surface area contributed by atoms with Crippen LogP contribution in [0.15, 0.2) is 24.3 Å². The number of carbonyl (C=O) groups excluding carboxylic acids is 1. The standard InChI is InChI=1S/C15H17NO4/c1-14-8-7-10-5-3-4-6-11(10)15(14,2)16(9-12(17)18)13(19)20-14/h3-6H,7-9H2,1-2H3,(H,17,18)/t14-,15+/m1/s1.